The highest BCUT2D eigenvalue weighted by atomic mass is 35.6. The zero-order valence-corrected chi connectivity index (χ0v) is 25.1. The molecule has 0 saturated carbocycles. The summed E-state index contributed by atoms with van der Waals surface area (Å²) in [5.41, 5.74) is 0. The minimum absolute atomic E-state index is 0.568. The molecule has 0 fully saturated rings. The van der Waals surface area contributed by atoms with Crippen LogP contribution in [0, 0.1) is 0 Å². The van der Waals surface area contributed by atoms with Gasteiger partial charge in [-0.3, -0.25) is 0 Å². The maximum Gasteiger partial charge on any atom is 0.226 e. The molecule has 1 radical (unpaired) electrons. The van der Waals surface area contributed by atoms with Crippen molar-refractivity contribution in [3.63, 3.8) is 0 Å². The molecule has 0 amide bonds. The first kappa shape index (κ1) is 32.9. The van der Waals surface area contributed by atoms with E-state index in [9.17, 15) is 5.11 Å². The van der Waals surface area contributed by atoms with Crippen LogP contribution in [0.3, 0.4) is 0 Å². The third-order valence-corrected chi connectivity index (χ3v) is 14.8. The molecule has 0 aromatic heterocycles. The Morgan fingerprint density at radius 2 is 0.643 bits per heavy atom. The van der Waals surface area contributed by atoms with Crippen molar-refractivity contribution in [2.24, 2.45) is 0 Å². The molecule has 0 atom stereocenters. The average Bonchev–Trinajstić information content (AvgIpc) is 2.44. The minimum atomic E-state index is -3.00. The summed E-state index contributed by atoms with van der Waals surface area (Å²) in [4.78, 5) is 0. The van der Waals surface area contributed by atoms with Crippen LogP contribution in [0.25, 0.3) is 0 Å². The first-order valence-electron chi connectivity index (χ1n) is 6.10. The molecule has 0 aliphatic rings. The molecule has 28 heavy (non-hydrogen) atoms. The maximum absolute atomic E-state index is 11.0. The molecule has 0 aromatic rings. The van der Waals surface area contributed by atoms with Gasteiger partial charge in [0.2, 0.25) is 8.13 Å². The van der Waals surface area contributed by atoms with Crippen molar-refractivity contribution in [1.82, 2.24) is 0 Å². The zero-order valence-electron chi connectivity index (χ0n) is 12.2. The van der Waals surface area contributed by atoms with Gasteiger partial charge < -0.3 is 0 Å². The molecule has 0 aromatic carbocycles. The number of halogens is 17. The van der Waals surface area contributed by atoms with Crippen molar-refractivity contribution in [2.75, 3.05) is 6.61 Å². The van der Waals surface area contributed by atoms with Gasteiger partial charge in [-0.1, -0.05) is 197 Å². The van der Waals surface area contributed by atoms with E-state index in [1.165, 1.54) is 0 Å². The van der Waals surface area contributed by atoms with Crippen LogP contribution in [0.1, 0.15) is 6.42 Å². The number of alkyl halides is 17. The predicted molar refractivity (Wildman–Crippen MR) is 132 cm³/mol. The van der Waals surface area contributed by atoms with Crippen LogP contribution >= 0.6 is 197 Å². The highest BCUT2D eigenvalue weighted by molar-refractivity contribution is 6.83. The van der Waals surface area contributed by atoms with Crippen LogP contribution in [-0.4, -0.2) is 40.7 Å². The molecule has 169 valence electrons. The second-order valence-corrected chi connectivity index (χ2v) is 16.8. The third-order valence-electron chi connectivity index (χ3n) is 3.20. The fraction of sp³-hybridized carbons (Fsp3) is 1.00. The summed E-state index contributed by atoms with van der Waals surface area (Å²) in [5.74, 6) is 0. The lowest BCUT2D eigenvalue weighted by molar-refractivity contribution is 0.181. The van der Waals surface area contributed by atoms with E-state index in [1.807, 2.05) is 0 Å². The van der Waals surface area contributed by atoms with E-state index in [4.69, 9.17) is 197 Å². The smallest absolute Gasteiger partial charge is 0.226 e. The molecule has 0 bridgehead atoms. The second kappa shape index (κ2) is 10.1. The van der Waals surface area contributed by atoms with Crippen molar-refractivity contribution in [3.8, 4) is 0 Å². The van der Waals surface area contributed by atoms with Gasteiger partial charge in [0.25, 0.3) is 0 Å². The highest BCUT2D eigenvalue weighted by Crippen LogP contribution is 2.72. The van der Waals surface area contributed by atoms with Gasteiger partial charge in [-0.15, -0.1) is 0 Å². The fourth-order valence-electron chi connectivity index (χ4n) is 1.48. The van der Waals surface area contributed by atoms with Crippen molar-refractivity contribution in [2.45, 2.75) is 40.5 Å². The maximum atomic E-state index is 11.0. The van der Waals surface area contributed by atoms with Crippen molar-refractivity contribution >= 4 is 197 Å². The summed E-state index contributed by atoms with van der Waals surface area (Å²) in [6.45, 7) is -0.850. The predicted octanol–water partition coefficient (Wildman–Crippen LogP) is 10.4. The number of rotatable bonds is 8. The Morgan fingerprint density at radius 1 is 0.393 bits per heavy atom. The van der Waals surface area contributed by atoms with Crippen molar-refractivity contribution < 1.29 is 5.11 Å². The van der Waals surface area contributed by atoms with Crippen LogP contribution in [0.5, 0.6) is 0 Å². The third kappa shape index (κ3) is 5.34. The van der Waals surface area contributed by atoms with Crippen LogP contribution in [0.2, 0.25) is 0 Å². The molecule has 0 N–H and O–H groups in total. The van der Waals surface area contributed by atoms with Crippen LogP contribution in [0.4, 0.5) is 0 Å². The fourth-order valence-corrected chi connectivity index (χ4v) is 6.66. The Morgan fingerprint density at radius 3 is 0.893 bits per heavy atom. The van der Waals surface area contributed by atoms with Gasteiger partial charge in [0.15, 0.2) is 26.0 Å². The number of hydrogen-bond acceptors (Lipinski definition) is 0. The molecule has 0 heterocycles. The summed E-state index contributed by atoms with van der Waals surface area (Å²) in [7, 11) is 0. The molecular formula is C10H4Cl17O. The second-order valence-electron chi connectivity index (χ2n) is 5.10. The van der Waals surface area contributed by atoms with Crippen molar-refractivity contribution in [3.05, 3.63) is 0 Å². The largest absolute Gasteiger partial charge is 0.237 e. The molecule has 0 aliphatic heterocycles. The SMILES string of the molecule is [O]CCC(Cl)(Cl)C(Cl)(Cl)C(Cl)(Cl)C(Cl)(Cl)C(Cl)(Cl)C(Cl)(Cl)C(Cl)(Cl)C(Cl)(Cl)Cl. The molecule has 1 nitrogen and oxygen atoms in total. The van der Waals surface area contributed by atoms with E-state index in [0.29, 0.717) is 0 Å². The zero-order chi connectivity index (χ0) is 23.4. The van der Waals surface area contributed by atoms with Crippen LogP contribution < -0.4 is 0 Å². The first-order valence-corrected chi connectivity index (χ1v) is 12.5. The standard InChI is InChI=1S/C10H4Cl17O/c11-3(12,1-2-28)4(13,14)5(15,16)6(17,18)7(19,20)8(21,22)9(23,24)10(25,26)27/h1-2H2. The van der Waals surface area contributed by atoms with Gasteiger partial charge in [0.1, 0.15) is 0 Å². The molecule has 0 saturated heterocycles. The monoisotopic (exact) mass is 734 g/mol. The van der Waals surface area contributed by atoms with E-state index >= 15 is 0 Å². The normalized spacial score (nSPS) is 16.5. The Balaban J connectivity index is 6.63. The van der Waals surface area contributed by atoms with E-state index in [-0.39, 0.29) is 0 Å². The van der Waals surface area contributed by atoms with Gasteiger partial charge in [-0.2, -0.15) is 0 Å². The van der Waals surface area contributed by atoms with Gasteiger partial charge in [-0.05, 0) is 0 Å². The lowest BCUT2D eigenvalue weighted by Gasteiger charge is -2.54. The summed E-state index contributed by atoms with van der Waals surface area (Å²) in [6, 6.07) is 0. The number of hydrogen-bond donors (Lipinski definition) is 0. The van der Waals surface area contributed by atoms with E-state index in [1.54, 1.807) is 0 Å². The molecular weight excluding hydrogens is 739 g/mol. The highest BCUT2D eigenvalue weighted by Gasteiger charge is 2.80. The van der Waals surface area contributed by atoms with Gasteiger partial charge in [0, 0.05) is 6.42 Å². The quantitative estimate of drug-likeness (QED) is 0.221. The lowest BCUT2D eigenvalue weighted by Crippen LogP contribution is -2.70. The molecule has 0 aliphatic carbocycles. The van der Waals surface area contributed by atoms with Gasteiger partial charge in [-0.25, -0.2) is 5.11 Å². The summed E-state index contributed by atoms with van der Waals surface area (Å²) in [5, 5.41) is 11.0. The molecule has 0 rings (SSSR count). The van der Waals surface area contributed by atoms with Crippen LogP contribution in [0.15, 0.2) is 0 Å². The van der Waals surface area contributed by atoms with E-state index in [2.05, 4.69) is 0 Å². The first-order chi connectivity index (χ1) is 11.8. The lowest BCUT2D eigenvalue weighted by atomic mass is 10.0. The molecule has 18 heteroatoms. The average molecular weight is 743 g/mol. The molecule has 0 spiro atoms. The summed E-state index contributed by atoms with van der Waals surface area (Å²) >= 11 is 103. The minimum Gasteiger partial charge on any atom is -0.237 e. The van der Waals surface area contributed by atoms with Crippen LogP contribution in [-0.2, 0) is 5.11 Å². The Labute approximate surface area is 246 Å². The Bertz CT molecular complexity index is 559. The van der Waals surface area contributed by atoms with Gasteiger partial charge >= 0.3 is 0 Å². The summed E-state index contributed by atoms with van der Waals surface area (Å²) < 4.78 is -22.3. The Kier molecular flexibility index (Phi) is 11.9. The van der Waals surface area contributed by atoms with E-state index in [0.717, 1.165) is 0 Å². The van der Waals surface area contributed by atoms with Gasteiger partial charge in [0.05, 0.1) is 6.61 Å². The Hall–Kier alpha value is 4.89. The van der Waals surface area contributed by atoms with E-state index < -0.39 is 47.2 Å². The summed E-state index contributed by atoms with van der Waals surface area (Å²) in [6.07, 6.45) is -0.568. The topological polar surface area (TPSA) is 19.9 Å². The molecule has 0 unspecified atom stereocenters. The van der Waals surface area contributed by atoms with Crippen molar-refractivity contribution in [1.29, 1.82) is 0 Å².